The van der Waals surface area contributed by atoms with E-state index in [0.29, 0.717) is 11.8 Å². The normalized spacial score (nSPS) is 19.5. The van der Waals surface area contributed by atoms with Crippen LogP contribution in [0.4, 0.5) is 5.69 Å². The molecule has 0 unspecified atom stereocenters. The number of hydrogen-bond acceptors (Lipinski definition) is 4. The second-order valence-corrected chi connectivity index (χ2v) is 10.2. The van der Waals surface area contributed by atoms with Gasteiger partial charge in [-0.1, -0.05) is 57.2 Å². The molecule has 0 aromatic heterocycles. The molecule has 0 radical (unpaired) electrons. The summed E-state index contributed by atoms with van der Waals surface area (Å²) in [6, 6.07) is 16.0. The average molecular weight is 424 g/mol. The van der Waals surface area contributed by atoms with Gasteiger partial charge in [0.15, 0.2) is 0 Å². The largest absolute Gasteiger partial charge is 0.330 e. The first kappa shape index (κ1) is 23.4. The predicted octanol–water partition coefficient (Wildman–Crippen LogP) is 5.66. The number of nitrogens with zero attached hydrogens (tertiary/aromatic N) is 2. The highest BCUT2D eigenvalue weighted by atomic mass is 16.6. The molecule has 0 saturated heterocycles. The van der Waals surface area contributed by atoms with E-state index in [2.05, 4.69) is 49.9 Å². The lowest BCUT2D eigenvalue weighted by Crippen LogP contribution is -2.32. The molecule has 2 N–H and O–H groups in total. The average Bonchev–Trinajstić information content (AvgIpc) is 2.74. The van der Waals surface area contributed by atoms with Crippen LogP contribution in [0.2, 0.25) is 0 Å². The minimum Gasteiger partial charge on any atom is -0.330 e. The van der Waals surface area contributed by atoms with Crippen LogP contribution >= 0.6 is 0 Å². The summed E-state index contributed by atoms with van der Waals surface area (Å²) in [5.74, 6) is 1.37. The summed E-state index contributed by atoms with van der Waals surface area (Å²) < 4.78 is 0. The Hall–Kier alpha value is -2.24. The van der Waals surface area contributed by atoms with E-state index in [1.54, 1.807) is 12.1 Å². The molecular formula is C26H37N3O2. The van der Waals surface area contributed by atoms with Gasteiger partial charge in [0.2, 0.25) is 0 Å². The van der Waals surface area contributed by atoms with Crippen LogP contribution in [-0.4, -0.2) is 22.9 Å². The smallest absolute Gasteiger partial charge is 0.269 e. The minimum atomic E-state index is -0.339. The van der Waals surface area contributed by atoms with Crippen molar-refractivity contribution in [1.82, 2.24) is 4.90 Å². The van der Waals surface area contributed by atoms with Crippen molar-refractivity contribution in [1.29, 1.82) is 0 Å². The molecule has 5 heteroatoms. The zero-order valence-corrected chi connectivity index (χ0v) is 19.2. The van der Waals surface area contributed by atoms with Crippen LogP contribution in [0, 0.1) is 22.0 Å². The second kappa shape index (κ2) is 10.4. The fourth-order valence-electron chi connectivity index (χ4n) is 4.55. The Morgan fingerprint density at radius 2 is 1.39 bits per heavy atom. The van der Waals surface area contributed by atoms with Crippen molar-refractivity contribution in [3.63, 3.8) is 0 Å². The van der Waals surface area contributed by atoms with E-state index in [-0.39, 0.29) is 16.0 Å². The van der Waals surface area contributed by atoms with Crippen molar-refractivity contribution in [3.8, 4) is 0 Å². The predicted molar refractivity (Wildman–Crippen MR) is 127 cm³/mol. The molecule has 0 bridgehead atoms. The van der Waals surface area contributed by atoms with Gasteiger partial charge in [0.25, 0.3) is 5.69 Å². The number of benzene rings is 2. The van der Waals surface area contributed by atoms with Gasteiger partial charge < -0.3 is 5.73 Å². The second-order valence-electron chi connectivity index (χ2n) is 10.2. The lowest BCUT2D eigenvalue weighted by molar-refractivity contribution is -0.384. The third kappa shape index (κ3) is 6.88. The molecule has 2 aromatic carbocycles. The summed E-state index contributed by atoms with van der Waals surface area (Å²) in [4.78, 5) is 13.1. The maximum Gasteiger partial charge on any atom is 0.269 e. The zero-order valence-electron chi connectivity index (χ0n) is 19.2. The Morgan fingerprint density at radius 3 is 1.84 bits per heavy atom. The summed E-state index contributed by atoms with van der Waals surface area (Å²) in [7, 11) is 0. The number of nitro groups is 1. The molecule has 0 aliphatic heterocycles. The Morgan fingerprint density at radius 1 is 0.903 bits per heavy atom. The molecule has 3 rings (SSSR count). The van der Waals surface area contributed by atoms with E-state index in [9.17, 15) is 10.1 Å². The van der Waals surface area contributed by atoms with Gasteiger partial charge in [-0.2, -0.15) is 0 Å². The molecule has 1 aliphatic rings. The Kier molecular flexibility index (Phi) is 7.84. The lowest BCUT2D eigenvalue weighted by Gasteiger charge is -2.32. The number of rotatable bonds is 8. The topological polar surface area (TPSA) is 72.4 Å². The van der Waals surface area contributed by atoms with Crippen molar-refractivity contribution < 1.29 is 4.92 Å². The highest BCUT2D eigenvalue weighted by molar-refractivity contribution is 5.33. The van der Waals surface area contributed by atoms with E-state index in [1.165, 1.54) is 36.8 Å². The highest BCUT2D eigenvalue weighted by Crippen LogP contribution is 2.30. The third-order valence-electron chi connectivity index (χ3n) is 6.60. The lowest BCUT2D eigenvalue weighted by atomic mass is 9.81. The van der Waals surface area contributed by atoms with Gasteiger partial charge in [-0.15, -0.1) is 0 Å². The van der Waals surface area contributed by atoms with Gasteiger partial charge in [-0.3, -0.25) is 15.0 Å². The van der Waals surface area contributed by atoms with Crippen LogP contribution in [0.1, 0.15) is 63.1 Å². The summed E-state index contributed by atoms with van der Waals surface area (Å²) in [6.07, 6.45) is 4.93. The zero-order chi connectivity index (χ0) is 22.4. The van der Waals surface area contributed by atoms with Gasteiger partial charge in [0.05, 0.1) is 4.92 Å². The van der Waals surface area contributed by atoms with Crippen molar-refractivity contribution in [3.05, 3.63) is 75.3 Å². The molecule has 0 amide bonds. The molecule has 168 valence electrons. The molecule has 31 heavy (non-hydrogen) atoms. The van der Waals surface area contributed by atoms with Crippen molar-refractivity contribution >= 4 is 5.69 Å². The van der Waals surface area contributed by atoms with Crippen LogP contribution in [-0.2, 0) is 18.5 Å². The fourth-order valence-corrected chi connectivity index (χ4v) is 4.55. The Balaban J connectivity index is 1.71. The van der Waals surface area contributed by atoms with Crippen molar-refractivity contribution in [2.45, 2.75) is 65.0 Å². The maximum absolute atomic E-state index is 11.0. The van der Waals surface area contributed by atoms with E-state index >= 15 is 0 Å². The number of non-ortho nitro benzene ring substituents is 1. The standard InChI is InChI=1S/C26H37N3O2/c1-26(2,3)24-12-8-22(9-13-24)18-28(17-21-6-4-20(16-27)5-7-21)19-23-10-14-25(15-11-23)29(30)31/h8-15,20-21H,4-7,16-19,27H2,1-3H3. The quantitative estimate of drug-likeness (QED) is 0.439. The fraction of sp³-hybridized carbons (Fsp3) is 0.538. The SMILES string of the molecule is CC(C)(C)c1ccc(CN(Cc2ccc([N+](=O)[O-])cc2)CC2CCC(CN)CC2)cc1. The van der Waals surface area contributed by atoms with E-state index < -0.39 is 0 Å². The monoisotopic (exact) mass is 423 g/mol. The van der Waals surface area contributed by atoms with Gasteiger partial charge in [0, 0.05) is 31.8 Å². The van der Waals surface area contributed by atoms with Crippen LogP contribution in [0.25, 0.3) is 0 Å². The maximum atomic E-state index is 11.0. The minimum absolute atomic E-state index is 0.146. The molecule has 0 heterocycles. The first-order chi connectivity index (χ1) is 14.7. The third-order valence-corrected chi connectivity index (χ3v) is 6.60. The first-order valence-corrected chi connectivity index (χ1v) is 11.5. The van der Waals surface area contributed by atoms with Crippen LogP contribution in [0.5, 0.6) is 0 Å². The van der Waals surface area contributed by atoms with E-state index in [0.717, 1.165) is 31.7 Å². The summed E-state index contributed by atoms with van der Waals surface area (Å²) in [5, 5.41) is 11.0. The van der Waals surface area contributed by atoms with Gasteiger partial charge in [-0.05, 0) is 66.2 Å². The molecule has 5 nitrogen and oxygen atoms in total. The number of nitrogens with two attached hydrogens (primary N) is 1. The van der Waals surface area contributed by atoms with Gasteiger partial charge in [0.1, 0.15) is 0 Å². The van der Waals surface area contributed by atoms with E-state index in [1.807, 2.05) is 12.1 Å². The molecule has 2 aromatic rings. The molecule has 1 fully saturated rings. The van der Waals surface area contributed by atoms with E-state index in [4.69, 9.17) is 5.73 Å². The summed E-state index contributed by atoms with van der Waals surface area (Å²) in [6.45, 7) is 10.3. The van der Waals surface area contributed by atoms with Gasteiger partial charge >= 0.3 is 0 Å². The van der Waals surface area contributed by atoms with Crippen molar-refractivity contribution in [2.24, 2.45) is 17.6 Å². The molecule has 0 atom stereocenters. The Bertz CT molecular complexity index is 832. The first-order valence-electron chi connectivity index (χ1n) is 11.5. The van der Waals surface area contributed by atoms with Crippen LogP contribution in [0.3, 0.4) is 0 Å². The van der Waals surface area contributed by atoms with Gasteiger partial charge in [-0.25, -0.2) is 0 Å². The highest BCUT2D eigenvalue weighted by Gasteiger charge is 2.23. The molecular weight excluding hydrogens is 386 g/mol. The van der Waals surface area contributed by atoms with Crippen LogP contribution in [0.15, 0.2) is 48.5 Å². The molecule has 1 saturated carbocycles. The summed E-state index contributed by atoms with van der Waals surface area (Å²) in [5.41, 5.74) is 9.94. The van der Waals surface area contributed by atoms with Crippen LogP contribution < -0.4 is 5.73 Å². The molecule has 1 aliphatic carbocycles. The Labute approximate surface area is 186 Å². The number of hydrogen-bond donors (Lipinski definition) is 1. The van der Waals surface area contributed by atoms with Crippen molar-refractivity contribution in [2.75, 3.05) is 13.1 Å². The number of nitro benzene ring substituents is 1. The molecule has 0 spiro atoms. The summed E-state index contributed by atoms with van der Waals surface area (Å²) >= 11 is 0.